The van der Waals surface area contributed by atoms with Gasteiger partial charge >= 0.3 is 23.3 Å². The third kappa shape index (κ3) is 12.0. The van der Waals surface area contributed by atoms with Gasteiger partial charge in [-0.2, -0.15) is 28.1 Å². The van der Waals surface area contributed by atoms with Crippen molar-refractivity contribution in [2.24, 2.45) is 5.92 Å². The zero-order valence-corrected chi connectivity index (χ0v) is 41.1. The molecular formula is C48H63N11O9S. The van der Waals surface area contributed by atoms with E-state index in [0.29, 0.717) is 34.3 Å². The average molecular weight is 970 g/mol. The summed E-state index contributed by atoms with van der Waals surface area (Å²) in [7, 11) is -2.74. The molecule has 0 amide bonds. The first-order chi connectivity index (χ1) is 33.4. The molecule has 0 fully saturated rings. The second kappa shape index (κ2) is 24.3. The van der Waals surface area contributed by atoms with E-state index in [-0.39, 0.29) is 23.2 Å². The van der Waals surface area contributed by atoms with E-state index in [1.54, 1.807) is 26.0 Å². The summed E-state index contributed by atoms with van der Waals surface area (Å²) in [5, 5.41) is 15.4. The van der Waals surface area contributed by atoms with Crippen molar-refractivity contribution in [3.8, 4) is 17.3 Å². The number of anilines is 1. The molecule has 370 valence electrons. The Labute approximate surface area is 399 Å². The molecular weight excluding hydrogens is 907 g/mol. The topological polar surface area (TPSA) is 241 Å². The third-order valence-corrected chi connectivity index (χ3v) is 13.9. The molecule has 0 spiro atoms. The van der Waals surface area contributed by atoms with Crippen LogP contribution >= 0.6 is 0 Å². The molecule has 0 aliphatic carbocycles. The van der Waals surface area contributed by atoms with Crippen LogP contribution in [0.4, 0.5) is 11.4 Å². The fourth-order valence-electron chi connectivity index (χ4n) is 8.38. The van der Waals surface area contributed by atoms with Crippen LogP contribution in [-0.2, 0) is 16.4 Å². The Morgan fingerprint density at radius 3 is 1.97 bits per heavy atom. The molecule has 0 bridgehead atoms. The van der Waals surface area contributed by atoms with Crippen molar-refractivity contribution in [2.45, 2.75) is 136 Å². The molecule has 0 radical (unpaired) electrons. The number of fused-ring (bicyclic) bond motifs is 3. The fourth-order valence-corrected chi connectivity index (χ4v) is 9.90. The number of aryl methyl sites for hydroxylation is 2. The highest BCUT2D eigenvalue weighted by Gasteiger charge is 2.32. The lowest BCUT2D eigenvalue weighted by molar-refractivity contribution is 0.351. The quantitative estimate of drug-likeness (QED) is 0.0425. The van der Waals surface area contributed by atoms with Gasteiger partial charge in [0, 0.05) is 12.1 Å². The monoisotopic (exact) mass is 969 g/mol. The Morgan fingerprint density at radius 1 is 0.783 bits per heavy atom. The van der Waals surface area contributed by atoms with Crippen molar-refractivity contribution in [3.05, 3.63) is 114 Å². The van der Waals surface area contributed by atoms with E-state index >= 15 is 0 Å². The number of aromatic amines is 3. The average Bonchev–Trinajstić information content (AvgIpc) is 4.22. The van der Waals surface area contributed by atoms with Crippen molar-refractivity contribution in [1.29, 1.82) is 0 Å². The number of nitrogens with one attached hydrogen (secondary N) is 3. The minimum Gasteiger partial charge on any atom is -0.468 e. The second-order valence-electron chi connectivity index (χ2n) is 17.0. The molecule has 6 heterocycles. The number of rotatable bonds is 22. The summed E-state index contributed by atoms with van der Waals surface area (Å²) in [5.41, 5.74) is 5.96. The van der Waals surface area contributed by atoms with Crippen LogP contribution in [0.15, 0.2) is 87.6 Å². The van der Waals surface area contributed by atoms with Crippen molar-refractivity contribution >= 4 is 38.3 Å². The van der Waals surface area contributed by atoms with Gasteiger partial charge in [-0.05, 0) is 50.8 Å². The van der Waals surface area contributed by atoms with Gasteiger partial charge in [-0.3, -0.25) is 8.83 Å². The molecule has 2 aromatic carbocycles. The van der Waals surface area contributed by atoms with Gasteiger partial charge in [-0.25, -0.2) is 34.0 Å². The van der Waals surface area contributed by atoms with Crippen LogP contribution in [-0.4, -0.2) is 66.2 Å². The third-order valence-electron chi connectivity index (χ3n) is 12.1. The van der Waals surface area contributed by atoms with Crippen molar-refractivity contribution in [2.75, 3.05) is 18.0 Å². The van der Waals surface area contributed by atoms with Crippen molar-refractivity contribution in [3.63, 3.8) is 0 Å². The molecule has 21 heteroatoms. The van der Waals surface area contributed by atoms with Crippen LogP contribution in [0.5, 0.6) is 6.01 Å². The van der Waals surface area contributed by atoms with Crippen molar-refractivity contribution in [1.82, 2.24) is 44.1 Å². The number of hydrogen-bond donors (Lipinski definition) is 3. The SMILES string of the molecule is CCCCCCCCC(CCCCCCCC)Cc1n[nH]n2c(=O)onc12.CCN(c1ccc(C)cc1)S(=O)(=O)c1nc(OC)n2c(=O)o[nH]c12.[C-]#[N+]c1c(C)c2[nH]oc(=O)n2c1-c1ccccc1. The van der Waals surface area contributed by atoms with Crippen LogP contribution in [0.3, 0.4) is 0 Å². The van der Waals surface area contributed by atoms with E-state index in [1.807, 2.05) is 49.4 Å². The minimum absolute atomic E-state index is 0.0811. The van der Waals surface area contributed by atoms with Gasteiger partial charge in [-0.1, -0.05) is 157 Å². The number of nitrogens with zero attached hydrogens (tertiary/aromatic N) is 8. The zero-order valence-electron chi connectivity index (χ0n) is 40.2. The first-order valence-electron chi connectivity index (χ1n) is 23.7. The number of methoxy groups -OCH3 is 1. The highest BCUT2D eigenvalue weighted by atomic mass is 32.2. The smallest absolute Gasteiger partial charge is 0.462 e. The molecule has 0 saturated carbocycles. The molecule has 0 unspecified atom stereocenters. The summed E-state index contributed by atoms with van der Waals surface area (Å²) in [4.78, 5) is 42.4. The second-order valence-corrected chi connectivity index (χ2v) is 18.7. The first-order valence-corrected chi connectivity index (χ1v) is 25.1. The number of sulfonamides is 1. The van der Waals surface area contributed by atoms with E-state index < -0.39 is 27.3 Å². The zero-order chi connectivity index (χ0) is 49.5. The number of ether oxygens (including phenoxy) is 1. The number of imidazole rings is 1. The van der Waals surface area contributed by atoms with Crippen LogP contribution in [0, 0.1) is 26.3 Å². The molecule has 3 N–H and O–H groups in total. The van der Waals surface area contributed by atoms with E-state index in [4.69, 9.17) is 20.4 Å². The predicted octanol–water partition coefficient (Wildman–Crippen LogP) is 9.57. The largest absolute Gasteiger partial charge is 0.468 e. The van der Waals surface area contributed by atoms with Crippen LogP contribution in [0.2, 0.25) is 0 Å². The van der Waals surface area contributed by atoms with E-state index in [9.17, 15) is 22.8 Å². The highest BCUT2D eigenvalue weighted by molar-refractivity contribution is 7.93. The van der Waals surface area contributed by atoms with Gasteiger partial charge in [0.2, 0.25) is 16.4 Å². The van der Waals surface area contributed by atoms with Crippen LogP contribution in [0.1, 0.15) is 127 Å². The molecule has 69 heavy (non-hydrogen) atoms. The van der Waals surface area contributed by atoms with Crippen LogP contribution in [0.25, 0.3) is 33.0 Å². The van der Waals surface area contributed by atoms with Gasteiger partial charge in [0.05, 0.1) is 25.1 Å². The van der Waals surface area contributed by atoms with E-state index in [1.165, 1.54) is 110 Å². The lowest BCUT2D eigenvalue weighted by Gasteiger charge is -2.21. The van der Waals surface area contributed by atoms with Gasteiger partial charge in [0.1, 0.15) is 11.3 Å². The number of hydrogen-bond acceptors (Lipinski definition) is 12. The van der Waals surface area contributed by atoms with Gasteiger partial charge < -0.3 is 13.8 Å². The molecule has 8 aromatic rings. The van der Waals surface area contributed by atoms with Crippen molar-refractivity contribution < 1.29 is 26.7 Å². The predicted molar refractivity (Wildman–Crippen MR) is 262 cm³/mol. The first kappa shape index (κ1) is 51.3. The Balaban J connectivity index is 0.000000173. The number of unbranched alkanes of at least 4 members (excludes halogenated alkanes) is 10. The number of aromatic nitrogens is 9. The molecule has 20 nitrogen and oxygen atoms in total. The molecule has 8 rings (SSSR count). The normalized spacial score (nSPS) is 11.5. The molecule has 6 aromatic heterocycles. The van der Waals surface area contributed by atoms with E-state index in [2.05, 4.69) is 54.0 Å². The molecule has 0 aliphatic heterocycles. The maximum Gasteiger partial charge on any atom is 0.462 e. The Kier molecular flexibility index (Phi) is 18.1. The Morgan fingerprint density at radius 2 is 1.38 bits per heavy atom. The summed E-state index contributed by atoms with van der Waals surface area (Å²) >= 11 is 0. The number of benzene rings is 2. The summed E-state index contributed by atoms with van der Waals surface area (Å²) in [6.07, 6.45) is 19.3. The van der Waals surface area contributed by atoms with Crippen LogP contribution < -0.4 is 26.3 Å². The lowest BCUT2D eigenvalue weighted by atomic mass is 9.90. The highest BCUT2D eigenvalue weighted by Crippen LogP contribution is 2.36. The van der Waals surface area contributed by atoms with Gasteiger partial charge in [0.25, 0.3) is 10.0 Å². The van der Waals surface area contributed by atoms with Gasteiger partial charge in [-0.15, -0.1) is 4.52 Å². The van der Waals surface area contributed by atoms with E-state index in [0.717, 1.165) is 33.2 Å². The summed E-state index contributed by atoms with van der Waals surface area (Å²) in [5.74, 6) is -1.20. The molecule has 0 aliphatic rings. The maximum atomic E-state index is 13.0. The standard InChI is InChI=1S/C21H38N4O2.C14H16N4O5S.C13H9N3O2/c1-3-5-7-9-11-13-15-18(16-14-12-10-8-6-4-2)17-19-20-23-27-21(26)25(20)24-22-19;1-4-17(10-7-5-9(2)6-8-10)24(20,21)12-11-16-23-14(19)18(11)13(15-12)22-3;1-8-10(14-2)11(9-6-4-3-5-7-9)16-12(8)15-18-13(16)17/h18,24H,3-17H2,1-2H3;5-8,16H,4H2,1-3H3;3-7,15H,1H3. The molecule has 0 saturated heterocycles. The maximum absolute atomic E-state index is 13.0. The lowest BCUT2D eigenvalue weighted by Crippen LogP contribution is -2.31. The summed E-state index contributed by atoms with van der Waals surface area (Å²) in [6.45, 7) is 17.4. The Hall–Kier alpha value is -7.08. The minimum atomic E-state index is -4.03. The molecule has 0 atom stereocenters. The summed E-state index contributed by atoms with van der Waals surface area (Å²) < 4.78 is 50.0. The van der Waals surface area contributed by atoms with Gasteiger partial charge in [0.15, 0.2) is 5.65 Å². The summed E-state index contributed by atoms with van der Waals surface area (Å²) in [6, 6.07) is 16.2. The number of H-pyrrole nitrogens is 3. The fraction of sp³-hybridized carbons (Fsp3) is 0.479. The Bertz CT molecular complexity index is 3180.